The monoisotopic (exact) mass is 387 g/mol. The lowest BCUT2D eigenvalue weighted by Crippen LogP contribution is -2.36. The van der Waals surface area contributed by atoms with Crippen LogP contribution in [0.5, 0.6) is 11.5 Å². The van der Waals surface area contributed by atoms with Crippen molar-refractivity contribution in [2.45, 2.75) is 20.3 Å². The van der Waals surface area contributed by atoms with Crippen LogP contribution in [0.1, 0.15) is 30.6 Å². The van der Waals surface area contributed by atoms with Crippen LogP contribution in [0.2, 0.25) is 0 Å². The molecule has 0 unspecified atom stereocenters. The van der Waals surface area contributed by atoms with Crippen LogP contribution in [0.3, 0.4) is 0 Å². The second-order valence-corrected chi connectivity index (χ2v) is 6.34. The van der Waals surface area contributed by atoms with E-state index in [1.165, 1.54) is 14.2 Å². The molecule has 1 rings (SSSR count). The second-order valence-electron chi connectivity index (χ2n) is 5.48. The largest absolute Gasteiger partial charge is 0.493 e. The molecule has 0 aliphatic heterocycles. The van der Waals surface area contributed by atoms with Gasteiger partial charge in [-0.3, -0.25) is 9.59 Å². The van der Waals surface area contributed by atoms with Crippen LogP contribution >= 0.6 is 15.9 Å². The third-order valence-electron chi connectivity index (χ3n) is 3.15. The normalized spacial score (nSPS) is 10.5. The minimum absolute atomic E-state index is 0.0904. The number of carboxylic acids is 1. The van der Waals surface area contributed by atoms with Crippen LogP contribution in [0.15, 0.2) is 16.6 Å². The summed E-state index contributed by atoms with van der Waals surface area (Å²) in [6.07, 6.45) is -0.0904. The summed E-state index contributed by atoms with van der Waals surface area (Å²) in [5, 5.41) is 8.86. The summed E-state index contributed by atoms with van der Waals surface area (Å²) >= 11 is 3.36. The third kappa shape index (κ3) is 5.42. The van der Waals surface area contributed by atoms with E-state index in [0.717, 1.165) is 0 Å². The van der Waals surface area contributed by atoms with Crippen molar-refractivity contribution in [1.82, 2.24) is 4.90 Å². The molecular formula is C16H22BrNO5. The van der Waals surface area contributed by atoms with Gasteiger partial charge in [0.25, 0.3) is 5.91 Å². The first kappa shape index (κ1) is 19.3. The van der Waals surface area contributed by atoms with Gasteiger partial charge in [-0.05, 0) is 34.0 Å². The van der Waals surface area contributed by atoms with Crippen molar-refractivity contribution in [2.75, 3.05) is 27.3 Å². The van der Waals surface area contributed by atoms with Gasteiger partial charge in [-0.1, -0.05) is 13.8 Å². The van der Waals surface area contributed by atoms with Gasteiger partial charge >= 0.3 is 5.97 Å². The summed E-state index contributed by atoms with van der Waals surface area (Å²) in [4.78, 5) is 25.1. The average Bonchev–Trinajstić information content (AvgIpc) is 2.49. The lowest BCUT2D eigenvalue weighted by molar-refractivity contribution is -0.137. The van der Waals surface area contributed by atoms with E-state index in [4.69, 9.17) is 14.6 Å². The molecular weight excluding hydrogens is 366 g/mol. The summed E-state index contributed by atoms with van der Waals surface area (Å²) in [6.45, 7) is 4.60. The number of nitrogens with zero attached hydrogens (tertiary/aromatic N) is 1. The zero-order valence-electron chi connectivity index (χ0n) is 13.8. The number of aliphatic carboxylic acids is 1. The first-order valence-corrected chi connectivity index (χ1v) is 8.02. The van der Waals surface area contributed by atoms with Gasteiger partial charge in [0.1, 0.15) is 0 Å². The summed E-state index contributed by atoms with van der Waals surface area (Å²) in [7, 11) is 3.01. The lowest BCUT2D eigenvalue weighted by atomic mass is 10.1. The highest BCUT2D eigenvalue weighted by Gasteiger charge is 2.21. The van der Waals surface area contributed by atoms with E-state index in [1.54, 1.807) is 17.0 Å². The number of benzene rings is 1. The Labute approximate surface area is 144 Å². The van der Waals surface area contributed by atoms with Gasteiger partial charge in [0.05, 0.1) is 25.1 Å². The average molecular weight is 388 g/mol. The molecule has 23 heavy (non-hydrogen) atoms. The van der Waals surface area contributed by atoms with Crippen LogP contribution in [-0.2, 0) is 4.79 Å². The molecule has 1 aromatic carbocycles. The molecule has 0 saturated carbocycles. The van der Waals surface area contributed by atoms with Crippen molar-refractivity contribution in [3.05, 3.63) is 22.2 Å². The standard InChI is InChI=1S/C16H22BrNO5/c1-10(2)9-18(6-5-14(19)20)16(21)11-7-12(17)15(23-4)13(8-11)22-3/h7-8,10H,5-6,9H2,1-4H3,(H,19,20). The van der Waals surface area contributed by atoms with Crippen molar-refractivity contribution in [2.24, 2.45) is 5.92 Å². The van der Waals surface area contributed by atoms with Crippen molar-refractivity contribution in [3.8, 4) is 11.5 Å². The van der Waals surface area contributed by atoms with E-state index in [9.17, 15) is 9.59 Å². The first-order chi connectivity index (χ1) is 10.8. The predicted molar refractivity (Wildman–Crippen MR) is 90.2 cm³/mol. The molecule has 1 aromatic rings. The molecule has 0 heterocycles. The second kappa shape index (κ2) is 8.76. The maximum Gasteiger partial charge on any atom is 0.305 e. The maximum atomic E-state index is 12.7. The van der Waals surface area contributed by atoms with Crippen LogP contribution in [0.4, 0.5) is 0 Å². The number of rotatable bonds is 8. The molecule has 0 atom stereocenters. The molecule has 0 aromatic heterocycles. The minimum atomic E-state index is -0.931. The number of carboxylic acid groups (broad SMARTS) is 1. The Bertz CT molecular complexity index is 574. The molecule has 0 saturated heterocycles. The number of carbonyl (C=O) groups is 2. The molecule has 1 N–H and O–H groups in total. The van der Waals surface area contributed by atoms with Crippen molar-refractivity contribution in [1.29, 1.82) is 0 Å². The van der Waals surface area contributed by atoms with Gasteiger partial charge in [0, 0.05) is 18.7 Å². The van der Waals surface area contributed by atoms with E-state index in [1.807, 2.05) is 13.8 Å². The zero-order chi connectivity index (χ0) is 17.6. The van der Waals surface area contributed by atoms with E-state index < -0.39 is 5.97 Å². The fourth-order valence-corrected chi connectivity index (χ4v) is 2.77. The molecule has 7 heteroatoms. The Kier molecular flexibility index (Phi) is 7.35. The highest BCUT2D eigenvalue weighted by Crippen LogP contribution is 2.36. The third-order valence-corrected chi connectivity index (χ3v) is 3.74. The highest BCUT2D eigenvalue weighted by molar-refractivity contribution is 9.10. The topological polar surface area (TPSA) is 76.1 Å². The summed E-state index contributed by atoms with van der Waals surface area (Å²) in [5.41, 5.74) is 0.417. The highest BCUT2D eigenvalue weighted by atomic mass is 79.9. The molecule has 0 spiro atoms. The summed E-state index contributed by atoms with van der Waals surface area (Å²) in [5.74, 6) is 0.0101. The lowest BCUT2D eigenvalue weighted by Gasteiger charge is -2.24. The molecule has 0 bridgehead atoms. The first-order valence-electron chi connectivity index (χ1n) is 7.22. The number of hydrogen-bond donors (Lipinski definition) is 1. The van der Waals surface area contributed by atoms with E-state index in [2.05, 4.69) is 15.9 Å². The summed E-state index contributed by atoms with van der Waals surface area (Å²) < 4.78 is 11.1. The van der Waals surface area contributed by atoms with Gasteiger partial charge in [-0.15, -0.1) is 0 Å². The number of halogens is 1. The number of methoxy groups -OCH3 is 2. The fraction of sp³-hybridized carbons (Fsp3) is 0.500. The molecule has 0 aliphatic rings. The quantitative estimate of drug-likeness (QED) is 0.741. The SMILES string of the molecule is COc1cc(C(=O)N(CCC(=O)O)CC(C)C)cc(Br)c1OC. The van der Waals surface area contributed by atoms with Gasteiger partial charge in [0.15, 0.2) is 11.5 Å². The molecule has 0 aliphatic carbocycles. The maximum absolute atomic E-state index is 12.7. The van der Waals surface area contributed by atoms with E-state index in [-0.39, 0.29) is 24.8 Å². The Hall–Kier alpha value is -1.76. The Morgan fingerprint density at radius 2 is 1.91 bits per heavy atom. The minimum Gasteiger partial charge on any atom is -0.493 e. The number of amides is 1. The van der Waals surface area contributed by atoms with Crippen molar-refractivity contribution in [3.63, 3.8) is 0 Å². The number of carbonyl (C=O) groups excluding carboxylic acids is 1. The molecule has 128 valence electrons. The van der Waals surface area contributed by atoms with Crippen LogP contribution in [-0.4, -0.2) is 49.2 Å². The van der Waals surface area contributed by atoms with Gasteiger partial charge < -0.3 is 19.5 Å². The van der Waals surface area contributed by atoms with Crippen LogP contribution in [0.25, 0.3) is 0 Å². The van der Waals surface area contributed by atoms with Gasteiger partial charge in [-0.25, -0.2) is 0 Å². The smallest absolute Gasteiger partial charge is 0.305 e. The summed E-state index contributed by atoms with van der Waals surface area (Å²) in [6, 6.07) is 3.25. The zero-order valence-corrected chi connectivity index (χ0v) is 15.3. The Morgan fingerprint density at radius 3 is 2.39 bits per heavy atom. The molecule has 0 fully saturated rings. The molecule has 0 radical (unpaired) electrons. The van der Waals surface area contributed by atoms with Crippen LogP contribution < -0.4 is 9.47 Å². The van der Waals surface area contributed by atoms with Crippen LogP contribution in [0, 0.1) is 5.92 Å². The van der Waals surface area contributed by atoms with Crippen molar-refractivity contribution >= 4 is 27.8 Å². The Balaban J connectivity index is 3.11. The number of hydrogen-bond acceptors (Lipinski definition) is 4. The van der Waals surface area contributed by atoms with Gasteiger partial charge in [-0.2, -0.15) is 0 Å². The fourth-order valence-electron chi connectivity index (χ4n) is 2.17. The number of ether oxygens (including phenoxy) is 2. The van der Waals surface area contributed by atoms with Gasteiger partial charge in [0.2, 0.25) is 0 Å². The molecule has 1 amide bonds. The van der Waals surface area contributed by atoms with E-state index >= 15 is 0 Å². The predicted octanol–water partition coefficient (Wildman–Crippen LogP) is 3.04. The van der Waals surface area contributed by atoms with E-state index in [0.29, 0.717) is 28.1 Å². The Morgan fingerprint density at radius 1 is 1.26 bits per heavy atom. The molecule has 6 nitrogen and oxygen atoms in total. The van der Waals surface area contributed by atoms with Crippen molar-refractivity contribution < 1.29 is 24.2 Å².